The number of hydrogen-bond acceptors (Lipinski definition) is 4. The number of rotatable bonds is 4. The van der Waals surface area contributed by atoms with E-state index in [0.29, 0.717) is 17.1 Å². The summed E-state index contributed by atoms with van der Waals surface area (Å²) in [6.07, 6.45) is 4.28. The Morgan fingerprint density at radius 1 is 1.28 bits per heavy atom. The van der Waals surface area contributed by atoms with E-state index >= 15 is 0 Å². The lowest BCUT2D eigenvalue weighted by molar-refractivity contribution is -0.116. The van der Waals surface area contributed by atoms with Gasteiger partial charge in [0, 0.05) is 17.8 Å². The van der Waals surface area contributed by atoms with E-state index in [1.54, 1.807) is 0 Å². The molecule has 2 amide bonds. The van der Waals surface area contributed by atoms with E-state index in [4.69, 9.17) is 11.5 Å². The zero-order chi connectivity index (χ0) is 13.1. The molecule has 0 radical (unpaired) electrons. The van der Waals surface area contributed by atoms with E-state index in [1.165, 1.54) is 16.2 Å². The summed E-state index contributed by atoms with van der Waals surface area (Å²) in [6, 6.07) is 0. The minimum absolute atomic E-state index is 0.168. The van der Waals surface area contributed by atoms with Crippen molar-refractivity contribution in [2.24, 2.45) is 11.5 Å². The molecule has 0 fully saturated rings. The van der Waals surface area contributed by atoms with Gasteiger partial charge in [0.1, 0.15) is 5.00 Å². The lowest BCUT2D eigenvalue weighted by Gasteiger charge is -2.11. The van der Waals surface area contributed by atoms with Gasteiger partial charge in [0.15, 0.2) is 0 Å². The van der Waals surface area contributed by atoms with Crippen molar-refractivity contribution in [1.29, 1.82) is 0 Å². The summed E-state index contributed by atoms with van der Waals surface area (Å²) in [7, 11) is 0. The first-order chi connectivity index (χ1) is 8.63. The highest BCUT2D eigenvalue weighted by molar-refractivity contribution is 7.17. The Morgan fingerprint density at radius 2 is 2.00 bits per heavy atom. The van der Waals surface area contributed by atoms with Gasteiger partial charge in [0.25, 0.3) is 5.91 Å². The number of thiophene rings is 1. The van der Waals surface area contributed by atoms with Crippen LogP contribution in [0.2, 0.25) is 0 Å². The van der Waals surface area contributed by atoms with Crippen LogP contribution in [-0.2, 0) is 17.6 Å². The molecule has 1 aliphatic carbocycles. The van der Waals surface area contributed by atoms with Crippen LogP contribution in [-0.4, -0.2) is 18.4 Å². The lowest BCUT2D eigenvalue weighted by atomic mass is 9.95. The molecule has 0 unspecified atom stereocenters. The maximum Gasteiger partial charge on any atom is 0.251 e. The minimum atomic E-state index is -0.461. The van der Waals surface area contributed by atoms with E-state index in [1.807, 2.05) is 0 Å². The number of anilines is 1. The second kappa shape index (κ2) is 5.49. The summed E-state index contributed by atoms with van der Waals surface area (Å²) in [4.78, 5) is 24.3. The third-order valence-corrected chi connectivity index (χ3v) is 4.25. The van der Waals surface area contributed by atoms with Crippen LogP contribution in [0, 0.1) is 0 Å². The molecule has 6 heteroatoms. The van der Waals surface area contributed by atoms with Crippen molar-refractivity contribution >= 4 is 28.2 Å². The molecule has 0 saturated carbocycles. The quantitative estimate of drug-likeness (QED) is 0.759. The van der Waals surface area contributed by atoms with Crippen molar-refractivity contribution in [1.82, 2.24) is 0 Å². The van der Waals surface area contributed by atoms with Gasteiger partial charge < -0.3 is 16.8 Å². The monoisotopic (exact) mass is 267 g/mol. The number of nitrogens with two attached hydrogens (primary N) is 2. The molecule has 0 spiro atoms. The number of amides is 2. The van der Waals surface area contributed by atoms with Crippen LogP contribution in [0.1, 0.15) is 40.1 Å². The van der Waals surface area contributed by atoms with Gasteiger partial charge >= 0.3 is 0 Å². The predicted octanol–water partition coefficient (Wildman–Crippen LogP) is 1.01. The second-order valence-electron chi connectivity index (χ2n) is 4.37. The third kappa shape index (κ3) is 2.54. The van der Waals surface area contributed by atoms with Crippen LogP contribution < -0.4 is 16.8 Å². The molecule has 0 saturated heterocycles. The zero-order valence-electron chi connectivity index (χ0n) is 10.1. The Bertz CT molecular complexity index is 482. The summed E-state index contributed by atoms with van der Waals surface area (Å²) in [6.45, 7) is 0.294. The van der Waals surface area contributed by atoms with E-state index in [2.05, 4.69) is 5.32 Å². The molecular formula is C12H17N3O2S. The van der Waals surface area contributed by atoms with E-state index < -0.39 is 5.91 Å². The average Bonchev–Trinajstić information content (AvgIpc) is 2.66. The van der Waals surface area contributed by atoms with Gasteiger partial charge in [-0.1, -0.05) is 0 Å². The van der Waals surface area contributed by atoms with Gasteiger partial charge in [0.05, 0.1) is 5.56 Å². The first-order valence-corrected chi connectivity index (χ1v) is 6.89. The molecule has 1 aromatic heterocycles. The van der Waals surface area contributed by atoms with Crippen LogP contribution in [0.4, 0.5) is 5.00 Å². The minimum Gasteiger partial charge on any atom is -0.365 e. The number of nitrogens with one attached hydrogen (secondary N) is 1. The van der Waals surface area contributed by atoms with Crippen molar-refractivity contribution in [3.63, 3.8) is 0 Å². The molecule has 0 aromatic carbocycles. The summed E-state index contributed by atoms with van der Waals surface area (Å²) < 4.78 is 0. The van der Waals surface area contributed by atoms with Crippen molar-refractivity contribution < 1.29 is 9.59 Å². The van der Waals surface area contributed by atoms with Gasteiger partial charge in [-0.3, -0.25) is 9.59 Å². The number of aryl methyl sites for hydroxylation is 1. The molecule has 1 heterocycles. The first-order valence-electron chi connectivity index (χ1n) is 6.07. The molecule has 2 rings (SSSR count). The van der Waals surface area contributed by atoms with Crippen LogP contribution in [0.3, 0.4) is 0 Å². The Hall–Kier alpha value is -1.40. The highest BCUT2D eigenvalue weighted by Gasteiger charge is 2.24. The molecular weight excluding hydrogens is 250 g/mol. The SMILES string of the molecule is NCCC(=O)Nc1sc2c(c1C(N)=O)CCCC2. The van der Waals surface area contributed by atoms with Gasteiger partial charge in [0.2, 0.25) is 5.91 Å². The highest BCUT2D eigenvalue weighted by atomic mass is 32.1. The lowest BCUT2D eigenvalue weighted by Crippen LogP contribution is -2.20. The summed E-state index contributed by atoms with van der Waals surface area (Å²) in [5.74, 6) is -0.629. The Balaban J connectivity index is 2.31. The van der Waals surface area contributed by atoms with Crippen LogP contribution in [0.5, 0.6) is 0 Å². The molecule has 0 aliphatic heterocycles. The zero-order valence-corrected chi connectivity index (χ0v) is 10.9. The molecule has 1 aromatic rings. The van der Waals surface area contributed by atoms with Crippen LogP contribution in [0.25, 0.3) is 0 Å². The topological polar surface area (TPSA) is 98.2 Å². The number of hydrogen-bond donors (Lipinski definition) is 3. The fourth-order valence-corrected chi connectivity index (χ4v) is 3.55. The van der Waals surface area contributed by atoms with E-state index in [-0.39, 0.29) is 12.3 Å². The maximum atomic E-state index is 11.6. The van der Waals surface area contributed by atoms with E-state index in [0.717, 1.165) is 31.2 Å². The molecule has 18 heavy (non-hydrogen) atoms. The van der Waals surface area contributed by atoms with Gasteiger partial charge in [-0.25, -0.2) is 0 Å². The number of carbonyl (C=O) groups is 2. The fraction of sp³-hybridized carbons (Fsp3) is 0.500. The fourth-order valence-electron chi connectivity index (χ4n) is 2.23. The number of fused-ring (bicyclic) bond motifs is 1. The third-order valence-electron chi connectivity index (χ3n) is 3.04. The van der Waals surface area contributed by atoms with Gasteiger partial charge in [-0.15, -0.1) is 11.3 Å². The van der Waals surface area contributed by atoms with Crippen molar-refractivity contribution in [3.8, 4) is 0 Å². The average molecular weight is 267 g/mol. The van der Waals surface area contributed by atoms with Crippen molar-refractivity contribution in [3.05, 3.63) is 16.0 Å². The normalized spacial score (nSPS) is 14.1. The maximum absolute atomic E-state index is 11.6. The van der Waals surface area contributed by atoms with Crippen LogP contribution >= 0.6 is 11.3 Å². The van der Waals surface area contributed by atoms with Crippen molar-refractivity contribution in [2.45, 2.75) is 32.1 Å². The number of primary amides is 1. The summed E-state index contributed by atoms with van der Waals surface area (Å²) in [5, 5.41) is 3.34. The summed E-state index contributed by atoms with van der Waals surface area (Å²) >= 11 is 1.47. The molecule has 5 N–H and O–H groups in total. The Labute approximate surface area is 110 Å². The largest absolute Gasteiger partial charge is 0.365 e. The Morgan fingerprint density at radius 3 is 2.67 bits per heavy atom. The Kier molecular flexibility index (Phi) is 3.98. The van der Waals surface area contributed by atoms with Crippen LogP contribution in [0.15, 0.2) is 0 Å². The molecule has 0 atom stereocenters. The molecule has 5 nitrogen and oxygen atoms in total. The molecule has 98 valence electrons. The molecule has 1 aliphatic rings. The summed E-state index contributed by atoms with van der Waals surface area (Å²) in [5.41, 5.74) is 12.3. The first kappa shape index (κ1) is 13.0. The number of carbonyl (C=O) groups excluding carboxylic acids is 2. The standard InChI is InChI=1S/C12H17N3O2S/c13-6-5-9(16)15-12-10(11(14)17)7-3-1-2-4-8(7)18-12/h1-6,13H2,(H2,14,17)(H,15,16). The second-order valence-corrected chi connectivity index (χ2v) is 5.47. The van der Waals surface area contributed by atoms with E-state index in [9.17, 15) is 9.59 Å². The molecule has 0 bridgehead atoms. The van der Waals surface area contributed by atoms with Crippen molar-refractivity contribution in [2.75, 3.05) is 11.9 Å². The predicted molar refractivity (Wildman–Crippen MR) is 71.8 cm³/mol. The smallest absolute Gasteiger partial charge is 0.251 e. The van der Waals surface area contributed by atoms with Gasteiger partial charge in [-0.2, -0.15) is 0 Å². The van der Waals surface area contributed by atoms with Gasteiger partial charge in [-0.05, 0) is 31.2 Å². The highest BCUT2D eigenvalue weighted by Crippen LogP contribution is 2.37.